The third-order valence-electron chi connectivity index (χ3n) is 3.25. The highest BCUT2D eigenvalue weighted by atomic mass is 32.2. The van der Waals surface area contributed by atoms with E-state index in [2.05, 4.69) is 0 Å². The minimum atomic E-state index is -3.22. The molecule has 0 aromatic rings. The van der Waals surface area contributed by atoms with Gasteiger partial charge in [0.1, 0.15) is 0 Å². The molecule has 1 aliphatic carbocycles. The normalized spacial score (nSPS) is 17.4. The van der Waals surface area contributed by atoms with E-state index >= 15 is 0 Å². The second-order valence-electron chi connectivity index (χ2n) is 5.01. The van der Waals surface area contributed by atoms with Gasteiger partial charge in [-0.05, 0) is 26.2 Å². The van der Waals surface area contributed by atoms with Crippen LogP contribution in [0.5, 0.6) is 0 Å². The quantitative estimate of drug-likeness (QED) is 0.717. The first-order valence-electron chi connectivity index (χ1n) is 6.10. The van der Waals surface area contributed by atoms with Gasteiger partial charge < -0.3 is 5.73 Å². The van der Waals surface area contributed by atoms with Crippen LogP contribution in [0.3, 0.4) is 0 Å². The van der Waals surface area contributed by atoms with Gasteiger partial charge in [-0.1, -0.05) is 31.5 Å². The summed E-state index contributed by atoms with van der Waals surface area (Å²) in [4.78, 5) is 0.228. The van der Waals surface area contributed by atoms with Gasteiger partial charge in [0.25, 0.3) is 0 Å². The van der Waals surface area contributed by atoms with E-state index in [9.17, 15) is 8.42 Å². The number of sulfonamides is 1. The van der Waals surface area contributed by atoms with E-state index in [0.717, 1.165) is 6.42 Å². The Morgan fingerprint density at radius 3 is 2.41 bits per heavy atom. The predicted molar refractivity (Wildman–Crippen MR) is 74.4 cm³/mol. The first kappa shape index (κ1) is 14.9. The van der Waals surface area contributed by atoms with Crippen LogP contribution in [0, 0.1) is 5.92 Å². The minimum absolute atomic E-state index is 0.0945. The van der Waals surface area contributed by atoms with Gasteiger partial charge in [-0.15, -0.1) is 0 Å². The van der Waals surface area contributed by atoms with Crippen LogP contribution in [0.1, 0.15) is 39.5 Å². The van der Waals surface area contributed by atoms with Crippen LogP contribution < -0.4 is 5.73 Å². The van der Waals surface area contributed by atoms with Gasteiger partial charge in [-0.2, -0.15) is 4.31 Å². The molecular weight excluding hydrogens is 256 g/mol. The van der Waals surface area contributed by atoms with Crippen LogP contribution in [0.2, 0.25) is 0 Å². The van der Waals surface area contributed by atoms with Crippen molar-refractivity contribution in [3.63, 3.8) is 0 Å². The maximum Gasteiger partial charge on any atom is 0.214 e. The van der Waals surface area contributed by atoms with Gasteiger partial charge in [0.15, 0.2) is 0 Å². The zero-order valence-electron chi connectivity index (χ0n) is 10.6. The first-order valence-corrected chi connectivity index (χ1v) is 8.12. The van der Waals surface area contributed by atoms with Crippen molar-refractivity contribution in [2.75, 3.05) is 12.3 Å². The number of hydrogen-bond donors (Lipinski definition) is 1. The SMILES string of the molecule is CC(C)N(CC(N)=S)S(=O)(=O)CCC1CCC1. The lowest BCUT2D eigenvalue weighted by molar-refractivity contribution is 0.304. The third kappa shape index (κ3) is 4.52. The van der Waals surface area contributed by atoms with E-state index in [0.29, 0.717) is 5.92 Å². The Morgan fingerprint density at radius 2 is 2.06 bits per heavy atom. The van der Waals surface area contributed by atoms with Crippen molar-refractivity contribution >= 4 is 27.2 Å². The van der Waals surface area contributed by atoms with Crippen molar-refractivity contribution in [2.45, 2.75) is 45.6 Å². The van der Waals surface area contributed by atoms with Gasteiger partial charge >= 0.3 is 0 Å². The van der Waals surface area contributed by atoms with Crippen LogP contribution >= 0.6 is 12.2 Å². The minimum Gasteiger partial charge on any atom is -0.392 e. The molecule has 0 aromatic carbocycles. The van der Waals surface area contributed by atoms with Crippen LogP contribution in [-0.4, -0.2) is 36.1 Å². The van der Waals surface area contributed by atoms with Crippen molar-refractivity contribution in [1.82, 2.24) is 4.31 Å². The molecule has 6 heteroatoms. The summed E-state index contributed by atoms with van der Waals surface area (Å²) < 4.78 is 25.7. The molecule has 1 saturated carbocycles. The first-order chi connectivity index (χ1) is 7.83. The average molecular weight is 278 g/mol. The Morgan fingerprint density at radius 1 is 1.47 bits per heavy atom. The second-order valence-corrected chi connectivity index (χ2v) is 7.57. The number of hydrogen-bond acceptors (Lipinski definition) is 3. The van der Waals surface area contributed by atoms with Crippen molar-refractivity contribution in [3.05, 3.63) is 0 Å². The van der Waals surface area contributed by atoms with Gasteiger partial charge in [0.05, 0.1) is 17.3 Å². The number of rotatable bonds is 7. The lowest BCUT2D eigenvalue weighted by Gasteiger charge is -2.29. The molecule has 0 amide bonds. The van der Waals surface area contributed by atoms with E-state index in [4.69, 9.17) is 18.0 Å². The summed E-state index contributed by atoms with van der Waals surface area (Å²) in [5.74, 6) is 0.821. The van der Waals surface area contributed by atoms with Gasteiger partial charge in [-0.25, -0.2) is 8.42 Å². The topological polar surface area (TPSA) is 63.4 Å². The Kier molecular flexibility index (Phi) is 5.34. The Labute approximate surface area is 110 Å². The maximum absolute atomic E-state index is 12.2. The van der Waals surface area contributed by atoms with Crippen molar-refractivity contribution in [1.29, 1.82) is 0 Å². The van der Waals surface area contributed by atoms with Crippen LogP contribution in [-0.2, 0) is 10.0 Å². The lowest BCUT2D eigenvalue weighted by atomic mass is 9.84. The molecule has 1 aliphatic rings. The van der Waals surface area contributed by atoms with Gasteiger partial charge in [0, 0.05) is 6.04 Å². The summed E-state index contributed by atoms with van der Waals surface area (Å²) in [5, 5.41) is 0. The van der Waals surface area contributed by atoms with Crippen LogP contribution in [0.4, 0.5) is 0 Å². The largest absolute Gasteiger partial charge is 0.392 e. The number of nitrogens with two attached hydrogens (primary N) is 1. The molecule has 0 aliphatic heterocycles. The fourth-order valence-corrected chi connectivity index (χ4v) is 4.03. The van der Waals surface area contributed by atoms with Crippen molar-refractivity contribution in [2.24, 2.45) is 11.7 Å². The average Bonchev–Trinajstić information content (AvgIpc) is 2.10. The highest BCUT2D eigenvalue weighted by Crippen LogP contribution is 2.30. The molecular formula is C11H22N2O2S2. The van der Waals surface area contributed by atoms with Crippen LogP contribution in [0.25, 0.3) is 0 Å². The predicted octanol–water partition coefficient (Wildman–Crippen LogP) is 1.50. The van der Waals surface area contributed by atoms with Crippen molar-refractivity contribution in [3.8, 4) is 0 Å². The molecule has 17 heavy (non-hydrogen) atoms. The van der Waals surface area contributed by atoms with Gasteiger partial charge in [-0.3, -0.25) is 0 Å². The highest BCUT2D eigenvalue weighted by Gasteiger charge is 2.27. The van der Waals surface area contributed by atoms with E-state index in [1.165, 1.54) is 23.6 Å². The molecule has 1 rings (SSSR count). The summed E-state index contributed by atoms with van der Waals surface area (Å²) in [6.07, 6.45) is 4.35. The van der Waals surface area contributed by atoms with E-state index < -0.39 is 10.0 Å². The Bertz CT molecular complexity index is 362. The molecule has 1 fully saturated rings. The molecule has 0 spiro atoms. The Hall–Kier alpha value is -0.200. The number of nitrogens with zero attached hydrogens (tertiary/aromatic N) is 1. The second kappa shape index (κ2) is 6.11. The smallest absolute Gasteiger partial charge is 0.214 e. The third-order valence-corrected chi connectivity index (χ3v) is 5.40. The summed E-state index contributed by atoms with van der Waals surface area (Å²) in [5.41, 5.74) is 5.45. The Balaban J connectivity index is 2.59. The molecule has 0 atom stereocenters. The highest BCUT2D eigenvalue weighted by molar-refractivity contribution is 7.89. The molecule has 0 heterocycles. The zero-order chi connectivity index (χ0) is 13.1. The summed E-state index contributed by atoms with van der Waals surface area (Å²) in [6, 6.07) is -0.0945. The van der Waals surface area contributed by atoms with Gasteiger partial charge in [0.2, 0.25) is 10.0 Å². The van der Waals surface area contributed by atoms with E-state index in [1.54, 1.807) is 0 Å². The standard InChI is InChI=1S/C11H22N2O2S2/c1-9(2)13(8-11(12)16)17(14,15)7-6-10-4-3-5-10/h9-10H,3-8H2,1-2H3,(H2,12,16). The molecule has 0 bridgehead atoms. The molecule has 4 nitrogen and oxygen atoms in total. The summed E-state index contributed by atoms with van der Waals surface area (Å²) in [7, 11) is -3.22. The maximum atomic E-state index is 12.2. The molecule has 0 saturated heterocycles. The van der Waals surface area contributed by atoms with E-state index in [-0.39, 0.29) is 23.3 Å². The molecule has 2 N–H and O–H groups in total. The number of thiocarbonyl (C=S) groups is 1. The zero-order valence-corrected chi connectivity index (χ0v) is 12.2. The summed E-state index contributed by atoms with van der Waals surface area (Å²) >= 11 is 4.80. The fourth-order valence-electron chi connectivity index (χ4n) is 1.97. The molecule has 100 valence electrons. The fraction of sp³-hybridized carbons (Fsp3) is 0.909. The van der Waals surface area contributed by atoms with Crippen LogP contribution in [0.15, 0.2) is 0 Å². The lowest BCUT2D eigenvalue weighted by Crippen LogP contribution is -2.43. The van der Waals surface area contributed by atoms with Crippen molar-refractivity contribution < 1.29 is 8.42 Å². The molecule has 0 unspecified atom stereocenters. The summed E-state index contributed by atoms with van der Waals surface area (Å²) in [6.45, 7) is 3.85. The monoisotopic (exact) mass is 278 g/mol. The molecule has 0 aromatic heterocycles. The molecule has 0 radical (unpaired) electrons. The van der Waals surface area contributed by atoms with E-state index in [1.807, 2.05) is 13.8 Å².